The monoisotopic (exact) mass is 260 g/mol. The van der Waals surface area contributed by atoms with Gasteiger partial charge in [-0.15, -0.1) is 0 Å². The summed E-state index contributed by atoms with van der Waals surface area (Å²) in [4.78, 5) is 24.6. The molecule has 8 heteroatoms. The van der Waals surface area contributed by atoms with Crippen molar-refractivity contribution in [3.63, 3.8) is 0 Å². The molecule has 0 amide bonds. The largest absolute Gasteiger partial charge is 0.394 e. The van der Waals surface area contributed by atoms with E-state index >= 15 is 0 Å². The summed E-state index contributed by atoms with van der Waals surface area (Å²) in [5, 5.41) is 9.09. The molecule has 2 heterocycles. The second-order valence-corrected chi connectivity index (χ2v) is 4.01. The zero-order valence-electron chi connectivity index (χ0n) is 8.91. The van der Waals surface area contributed by atoms with E-state index in [1.165, 1.54) is 16.8 Å². The number of hydrogen-bond acceptors (Lipinski definition) is 5. The molecule has 4 atom stereocenters. The first-order chi connectivity index (χ1) is 8.15. The van der Waals surface area contributed by atoms with E-state index < -0.39 is 23.6 Å². The Bertz CT molecular complexity index is 487. The summed E-state index contributed by atoms with van der Waals surface area (Å²) in [6.45, 7) is -0.187. The van der Waals surface area contributed by atoms with Gasteiger partial charge in [0.1, 0.15) is 12.3 Å². The fourth-order valence-electron chi connectivity index (χ4n) is 1.83. The smallest absolute Gasteiger partial charge is 0.330 e. The van der Waals surface area contributed by atoms with Crippen LogP contribution in [0.2, 0.25) is 0 Å². The molecule has 2 rings (SSSR count). The van der Waals surface area contributed by atoms with E-state index in [-0.39, 0.29) is 12.7 Å². The molecule has 0 spiro atoms. The van der Waals surface area contributed by atoms with Crippen molar-refractivity contribution in [2.75, 3.05) is 6.61 Å². The molecular formula is C9H13N2O5P. The summed E-state index contributed by atoms with van der Waals surface area (Å²) in [5.74, 6) is 0. The van der Waals surface area contributed by atoms with Gasteiger partial charge in [0.15, 0.2) is 0 Å². The van der Waals surface area contributed by atoms with Crippen molar-refractivity contribution < 1.29 is 14.4 Å². The minimum absolute atomic E-state index is 0.187. The second kappa shape index (κ2) is 5.10. The highest BCUT2D eigenvalue weighted by molar-refractivity contribution is 7.09. The lowest BCUT2D eigenvalue weighted by Crippen LogP contribution is -2.31. The van der Waals surface area contributed by atoms with Gasteiger partial charge in [0, 0.05) is 28.2 Å². The molecule has 7 nitrogen and oxygen atoms in total. The lowest BCUT2D eigenvalue weighted by atomic mass is 10.2. The van der Waals surface area contributed by atoms with Gasteiger partial charge in [-0.05, 0) is 0 Å². The van der Waals surface area contributed by atoms with Crippen LogP contribution in [0.25, 0.3) is 0 Å². The van der Waals surface area contributed by atoms with E-state index in [4.69, 9.17) is 14.4 Å². The molecular weight excluding hydrogens is 247 g/mol. The van der Waals surface area contributed by atoms with Crippen LogP contribution in [0.15, 0.2) is 21.9 Å². The predicted molar refractivity (Wildman–Crippen MR) is 61.5 cm³/mol. The highest BCUT2D eigenvalue weighted by atomic mass is 31.0. The first kappa shape index (κ1) is 12.4. The first-order valence-corrected chi connectivity index (χ1v) is 5.56. The fraction of sp³-hybridized carbons (Fsp3) is 0.556. The third-order valence-corrected chi connectivity index (χ3v) is 3.05. The molecule has 2 N–H and O–H groups in total. The van der Waals surface area contributed by atoms with Gasteiger partial charge in [0.25, 0.3) is 5.56 Å². The molecule has 0 saturated carbocycles. The summed E-state index contributed by atoms with van der Waals surface area (Å²) in [7, 11) is 2.11. The molecule has 4 unspecified atom stereocenters. The standard InChI is InChI=1S/C9H13N2O5P/c12-4-6-5(16-17)3-8(15-6)11-2-1-7(13)10-9(11)14/h1-2,5-6,8,12H,3-4,17H2,(H,10,13,14). The Morgan fingerprint density at radius 2 is 2.41 bits per heavy atom. The summed E-state index contributed by atoms with van der Waals surface area (Å²) in [5.41, 5.74) is -0.995. The Morgan fingerprint density at radius 3 is 2.94 bits per heavy atom. The first-order valence-electron chi connectivity index (χ1n) is 5.09. The SMILES string of the molecule is O=c1ccn(C2CC(OP)C(CO)O2)c(=O)[nH]1. The molecule has 0 radical (unpaired) electrons. The minimum Gasteiger partial charge on any atom is -0.394 e. The van der Waals surface area contributed by atoms with Gasteiger partial charge in [-0.1, -0.05) is 0 Å². The fourth-order valence-corrected chi connectivity index (χ4v) is 2.12. The molecule has 1 aliphatic heterocycles. The Morgan fingerprint density at radius 1 is 1.65 bits per heavy atom. The number of hydrogen-bond donors (Lipinski definition) is 2. The molecule has 1 aromatic rings. The van der Waals surface area contributed by atoms with Crippen LogP contribution in [0.1, 0.15) is 12.6 Å². The molecule has 1 aromatic heterocycles. The molecule has 1 aliphatic rings. The molecule has 1 saturated heterocycles. The van der Waals surface area contributed by atoms with Gasteiger partial charge >= 0.3 is 5.69 Å². The van der Waals surface area contributed by atoms with Crippen LogP contribution in [0.3, 0.4) is 0 Å². The number of nitrogens with zero attached hydrogens (tertiary/aromatic N) is 1. The Labute approximate surface area is 98.7 Å². The topological polar surface area (TPSA) is 93.5 Å². The highest BCUT2D eigenvalue weighted by Gasteiger charge is 2.36. The Balaban J connectivity index is 2.25. The molecule has 17 heavy (non-hydrogen) atoms. The van der Waals surface area contributed by atoms with Crippen LogP contribution in [0.5, 0.6) is 0 Å². The zero-order chi connectivity index (χ0) is 12.4. The van der Waals surface area contributed by atoms with Gasteiger partial charge in [-0.25, -0.2) is 4.79 Å². The van der Waals surface area contributed by atoms with Crippen molar-refractivity contribution in [3.05, 3.63) is 33.1 Å². The number of aliphatic hydroxyl groups is 1. The molecule has 0 aromatic carbocycles. The zero-order valence-corrected chi connectivity index (χ0v) is 10.1. The maximum atomic E-state index is 11.5. The van der Waals surface area contributed by atoms with Crippen LogP contribution in [0, 0.1) is 0 Å². The summed E-state index contributed by atoms with van der Waals surface area (Å²) in [6, 6.07) is 1.24. The second-order valence-electron chi connectivity index (χ2n) is 3.74. The van der Waals surface area contributed by atoms with E-state index in [2.05, 4.69) is 14.5 Å². The van der Waals surface area contributed by atoms with Crippen LogP contribution in [-0.4, -0.2) is 33.5 Å². The molecule has 94 valence electrons. The van der Waals surface area contributed by atoms with E-state index in [9.17, 15) is 9.59 Å². The average Bonchev–Trinajstić information content (AvgIpc) is 2.72. The van der Waals surface area contributed by atoms with Crippen molar-refractivity contribution in [1.29, 1.82) is 0 Å². The van der Waals surface area contributed by atoms with Gasteiger partial charge in [-0.2, -0.15) is 0 Å². The van der Waals surface area contributed by atoms with Crippen molar-refractivity contribution in [1.82, 2.24) is 9.55 Å². The van der Waals surface area contributed by atoms with Gasteiger partial charge in [0.05, 0.1) is 12.7 Å². The number of aromatic amines is 1. The van der Waals surface area contributed by atoms with Crippen molar-refractivity contribution >= 4 is 9.47 Å². The number of rotatable bonds is 3. The number of ether oxygens (including phenoxy) is 1. The maximum Gasteiger partial charge on any atom is 0.330 e. The normalized spacial score (nSPS) is 28.5. The van der Waals surface area contributed by atoms with Crippen LogP contribution >= 0.6 is 9.47 Å². The Kier molecular flexibility index (Phi) is 3.73. The predicted octanol–water partition coefficient (Wildman–Crippen LogP) is -1.01. The van der Waals surface area contributed by atoms with E-state index in [0.717, 1.165) is 0 Å². The number of H-pyrrole nitrogens is 1. The number of aromatic nitrogens is 2. The van der Waals surface area contributed by atoms with E-state index in [1.807, 2.05) is 0 Å². The third-order valence-electron chi connectivity index (χ3n) is 2.70. The number of nitrogens with one attached hydrogen (secondary N) is 1. The third kappa shape index (κ3) is 2.47. The Hall–Kier alpha value is -1.01. The van der Waals surface area contributed by atoms with Gasteiger partial charge < -0.3 is 14.4 Å². The highest BCUT2D eigenvalue weighted by Crippen LogP contribution is 2.30. The molecule has 0 bridgehead atoms. The van der Waals surface area contributed by atoms with Crippen molar-refractivity contribution in [2.45, 2.75) is 24.9 Å². The van der Waals surface area contributed by atoms with Crippen LogP contribution < -0.4 is 11.2 Å². The lowest BCUT2D eigenvalue weighted by molar-refractivity contribution is -0.0402. The lowest BCUT2D eigenvalue weighted by Gasteiger charge is -2.14. The summed E-state index contributed by atoms with van der Waals surface area (Å²) in [6.07, 6.45) is 0.485. The van der Waals surface area contributed by atoms with Crippen molar-refractivity contribution in [2.24, 2.45) is 0 Å². The van der Waals surface area contributed by atoms with Gasteiger partial charge in [0.2, 0.25) is 0 Å². The minimum atomic E-state index is -0.540. The van der Waals surface area contributed by atoms with Crippen LogP contribution in [0.4, 0.5) is 0 Å². The van der Waals surface area contributed by atoms with E-state index in [0.29, 0.717) is 6.42 Å². The molecule has 0 aliphatic carbocycles. The van der Waals surface area contributed by atoms with Gasteiger partial charge in [-0.3, -0.25) is 14.3 Å². The van der Waals surface area contributed by atoms with Crippen molar-refractivity contribution in [3.8, 4) is 0 Å². The summed E-state index contributed by atoms with van der Waals surface area (Å²) < 4.78 is 11.8. The number of aliphatic hydroxyl groups excluding tert-OH is 1. The average molecular weight is 260 g/mol. The molecule has 1 fully saturated rings. The van der Waals surface area contributed by atoms with Crippen LogP contribution in [-0.2, 0) is 9.26 Å². The maximum absolute atomic E-state index is 11.5. The summed E-state index contributed by atoms with van der Waals surface area (Å²) >= 11 is 0. The quantitative estimate of drug-likeness (QED) is 0.679. The van der Waals surface area contributed by atoms with E-state index in [1.54, 1.807) is 0 Å².